The normalized spacial score (nSPS) is 13.2. The highest BCUT2D eigenvalue weighted by Gasteiger charge is 2.42. The van der Waals surface area contributed by atoms with Crippen LogP contribution in [0.5, 0.6) is 0 Å². The van der Waals surface area contributed by atoms with Crippen LogP contribution in [-0.2, 0) is 5.41 Å². The topological polar surface area (TPSA) is 30.7 Å². The SMILES string of the molecule is CC1(C)c2ccccc2-c2ccc3c4ccccc4n(-c4nccc(-c5cccc([Si](c6ccccc6)(c6ccccc6)c6ccccc6)c5)n4)c3c21. The molecule has 1 aliphatic rings. The number of aromatic nitrogens is 3. The van der Waals surface area contributed by atoms with Crippen molar-refractivity contribution in [1.82, 2.24) is 14.5 Å². The van der Waals surface area contributed by atoms with Crippen LogP contribution in [0, 0.1) is 0 Å². The van der Waals surface area contributed by atoms with Crippen LogP contribution in [0.25, 0.3) is 50.1 Å². The van der Waals surface area contributed by atoms with Crippen molar-refractivity contribution < 1.29 is 0 Å². The molecule has 0 N–H and O–H groups in total. The van der Waals surface area contributed by atoms with E-state index in [2.05, 4.69) is 200 Å². The maximum atomic E-state index is 5.42. The van der Waals surface area contributed by atoms with Gasteiger partial charge in [0.25, 0.3) is 0 Å². The fraction of sp³-hybridized carbons (Fsp3) is 0.0612. The van der Waals surface area contributed by atoms with Crippen molar-refractivity contribution in [2.45, 2.75) is 19.3 Å². The molecular formula is C49H37N3Si. The largest absolute Gasteiger partial charge is 0.278 e. The van der Waals surface area contributed by atoms with Crippen LogP contribution in [0.4, 0.5) is 0 Å². The Hall–Kier alpha value is -6.36. The van der Waals surface area contributed by atoms with Gasteiger partial charge < -0.3 is 0 Å². The first-order valence-electron chi connectivity index (χ1n) is 18.3. The van der Waals surface area contributed by atoms with E-state index in [0.29, 0.717) is 5.95 Å². The molecule has 0 atom stereocenters. The van der Waals surface area contributed by atoms with E-state index in [9.17, 15) is 0 Å². The van der Waals surface area contributed by atoms with Gasteiger partial charge in [-0.2, -0.15) is 0 Å². The Morgan fingerprint density at radius 2 is 1.11 bits per heavy atom. The fourth-order valence-corrected chi connectivity index (χ4v) is 13.9. The maximum Gasteiger partial charge on any atom is 0.235 e. The lowest BCUT2D eigenvalue weighted by Crippen LogP contribution is -2.74. The lowest BCUT2D eigenvalue weighted by atomic mass is 9.81. The molecule has 1 aliphatic carbocycles. The summed E-state index contributed by atoms with van der Waals surface area (Å²) in [6, 6.07) is 66.5. The molecule has 0 spiro atoms. The molecule has 10 rings (SSSR count). The first kappa shape index (κ1) is 31.4. The summed E-state index contributed by atoms with van der Waals surface area (Å²) < 4.78 is 2.31. The van der Waals surface area contributed by atoms with E-state index in [1.807, 2.05) is 6.20 Å². The van der Waals surface area contributed by atoms with E-state index in [1.165, 1.54) is 59.3 Å². The quantitative estimate of drug-likeness (QED) is 0.129. The molecule has 4 heteroatoms. The van der Waals surface area contributed by atoms with Crippen LogP contribution in [0.15, 0.2) is 188 Å². The summed E-state index contributed by atoms with van der Waals surface area (Å²) in [7, 11) is -2.71. The van der Waals surface area contributed by atoms with Gasteiger partial charge in [0, 0.05) is 27.9 Å². The fourth-order valence-electron chi connectivity index (χ4n) is 9.11. The van der Waals surface area contributed by atoms with E-state index in [0.717, 1.165) is 16.8 Å². The van der Waals surface area contributed by atoms with Gasteiger partial charge in [-0.3, -0.25) is 4.57 Å². The van der Waals surface area contributed by atoms with Gasteiger partial charge in [0.1, 0.15) is 0 Å². The van der Waals surface area contributed by atoms with Crippen molar-refractivity contribution in [2.24, 2.45) is 0 Å². The summed E-state index contributed by atoms with van der Waals surface area (Å²) in [5.74, 6) is 0.678. The molecule has 252 valence electrons. The lowest BCUT2D eigenvalue weighted by Gasteiger charge is -2.34. The smallest absolute Gasteiger partial charge is 0.235 e. The van der Waals surface area contributed by atoms with Gasteiger partial charge in [0.05, 0.1) is 16.7 Å². The number of para-hydroxylation sites is 1. The van der Waals surface area contributed by atoms with Gasteiger partial charge in [-0.25, -0.2) is 9.97 Å². The highest BCUT2D eigenvalue weighted by Crippen LogP contribution is 2.52. The number of fused-ring (bicyclic) bond motifs is 7. The summed E-state index contributed by atoms with van der Waals surface area (Å²) in [5.41, 5.74) is 9.34. The van der Waals surface area contributed by atoms with E-state index in [-0.39, 0.29) is 5.41 Å². The number of nitrogens with zero attached hydrogens (tertiary/aromatic N) is 3. The van der Waals surface area contributed by atoms with Crippen molar-refractivity contribution in [3.63, 3.8) is 0 Å². The average molecular weight is 696 g/mol. The Labute approximate surface area is 310 Å². The molecule has 3 nitrogen and oxygen atoms in total. The van der Waals surface area contributed by atoms with Gasteiger partial charge in [0.2, 0.25) is 5.95 Å². The van der Waals surface area contributed by atoms with E-state index in [1.54, 1.807) is 0 Å². The van der Waals surface area contributed by atoms with E-state index >= 15 is 0 Å². The molecular weight excluding hydrogens is 659 g/mol. The zero-order chi connectivity index (χ0) is 35.6. The number of rotatable bonds is 6. The average Bonchev–Trinajstić information content (AvgIpc) is 3.68. The summed E-state index contributed by atoms with van der Waals surface area (Å²) in [5, 5.41) is 7.79. The molecule has 0 bridgehead atoms. The van der Waals surface area contributed by atoms with Crippen LogP contribution in [-0.4, -0.2) is 22.6 Å². The molecule has 0 fully saturated rings. The van der Waals surface area contributed by atoms with Crippen LogP contribution >= 0.6 is 0 Å². The second-order valence-corrected chi connectivity index (χ2v) is 18.4. The minimum atomic E-state index is -2.71. The van der Waals surface area contributed by atoms with Crippen LogP contribution < -0.4 is 20.7 Å². The van der Waals surface area contributed by atoms with Crippen molar-refractivity contribution in [3.05, 3.63) is 199 Å². The van der Waals surface area contributed by atoms with Crippen molar-refractivity contribution in [3.8, 4) is 28.3 Å². The van der Waals surface area contributed by atoms with Crippen LogP contribution in [0.2, 0.25) is 0 Å². The van der Waals surface area contributed by atoms with Gasteiger partial charge in [-0.15, -0.1) is 0 Å². The number of hydrogen-bond donors (Lipinski definition) is 0. The zero-order valence-electron chi connectivity index (χ0n) is 29.7. The Balaban J connectivity index is 1.20. The third-order valence-electron chi connectivity index (χ3n) is 11.4. The predicted molar refractivity (Wildman–Crippen MR) is 223 cm³/mol. The highest BCUT2D eigenvalue weighted by atomic mass is 28.3. The van der Waals surface area contributed by atoms with E-state index in [4.69, 9.17) is 9.97 Å². The zero-order valence-corrected chi connectivity index (χ0v) is 30.7. The van der Waals surface area contributed by atoms with Gasteiger partial charge in [-0.1, -0.05) is 184 Å². The minimum Gasteiger partial charge on any atom is -0.278 e. The predicted octanol–water partition coefficient (Wildman–Crippen LogP) is 8.92. The van der Waals surface area contributed by atoms with Crippen molar-refractivity contribution in [2.75, 3.05) is 0 Å². The molecule has 0 saturated heterocycles. The number of hydrogen-bond acceptors (Lipinski definition) is 2. The standard InChI is InChI=1S/C49H37N3Si/c1-49(2)43-27-14-12-25-39(43)41-29-30-42-40-26-13-15-28-45(40)52(47(42)46(41)49)48-50-32-31-44(51-48)34-17-16-24-38(33-34)53(35-18-6-3-7-19-35,36-20-8-4-9-21-36)37-22-10-5-11-23-37/h3-33H,1-2H3. The monoisotopic (exact) mass is 695 g/mol. The second kappa shape index (κ2) is 12.1. The van der Waals surface area contributed by atoms with Gasteiger partial charge >= 0.3 is 0 Å². The molecule has 2 heterocycles. The van der Waals surface area contributed by atoms with Gasteiger partial charge in [-0.05, 0) is 55.1 Å². The molecule has 0 aliphatic heterocycles. The molecule has 0 unspecified atom stereocenters. The first-order chi connectivity index (χ1) is 26.1. The summed E-state index contributed by atoms with van der Waals surface area (Å²) in [4.78, 5) is 10.4. The van der Waals surface area contributed by atoms with Crippen LogP contribution in [0.3, 0.4) is 0 Å². The molecule has 0 radical (unpaired) electrons. The highest BCUT2D eigenvalue weighted by molar-refractivity contribution is 7.19. The van der Waals surface area contributed by atoms with E-state index < -0.39 is 8.07 Å². The molecule has 9 aromatic rings. The summed E-state index contributed by atoms with van der Waals surface area (Å²) in [6.07, 6.45) is 1.92. The molecule has 53 heavy (non-hydrogen) atoms. The molecule has 2 aromatic heterocycles. The first-order valence-corrected chi connectivity index (χ1v) is 20.3. The van der Waals surface area contributed by atoms with Crippen molar-refractivity contribution >= 4 is 50.6 Å². The third kappa shape index (κ3) is 4.65. The second-order valence-electron chi connectivity index (χ2n) is 14.6. The summed E-state index contributed by atoms with van der Waals surface area (Å²) >= 11 is 0. The molecule has 0 amide bonds. The summed E-state index contributed by atoms with van der Waals surface area (Å²) in [6.45, 7) is 4.70. The van der Waals surface area contributed by atoms with Crippen molar-refractivity contribution in [1.29, 1.82) is 0 Å². The Bertz CT molecular complexity index is 2710. The van der Waals surface area contributed by atoms with Crippen LogP contribution in [0.1, 0.15) is 25.0 Å². The third-order valence-corrected chi connectivity index (χ3v) is 16.2. The Kier molecular flexibility index (Phi) is 7.17. The lowest BCUT2D eigenvalue weighted by molar-refractivity contribution is 0.663. The molecule has 7 aromatic carbocycles. The Morgan fingerprint density at radius 3 is 1.81 bits per heavy atom. The molecule has 0 saturated carbocycles. The number of benzene rings is 7. The minimum absolute atomic E-state index is 0.191. The maximum absolute atomic E-state index is 5.42. The Morgan fingerprint density at radius 1 is 0.509 bits per heavy atom. The van der Waals surface area contributed by atoms with Gasteiger partial charge in [0.15, 0.2) is 8.07 Å².